The Labute approximate surface area is 94.6 Å². The lowest BCUT2D eigenvalue weighted by Gasteiger charge is -2.13. The molecule has 1 rings (SSSR count). The molecule has 0 N–H and O–H groups in total. The summed E-state index contributed by atoms with van der Waals surface area (Å²) in [6.07, 6.45) is 0.217. The zero-order valence-electron chi connectivity index (χ0n) is 9.10. The van der Waals surface area contributed by atoms with Crippen molar-refractivity contribution in [3.63, 3.8) is 0 Å². The predicted molar refractivity (Wildman–Crippen MR) is 63.6 cm³/mol. The van der Waals surface area contributed by atoms with Gasteiger partial charge in [-0.1, -0.05) is 29.8 Å². The van der Waals surface area contributed by atoms with Gasteiger partial charge in [0.1, 0.15) is 5.75 Å². The third-order valence-electron chi connectivity index (χ3n) is 1.82. The highest BCUT2D eigenvalue weighted by Crippen LogP contribution is 2.26. The first kappa shape index (κ1) is 11.6. The van der Waals surface area contributed by atoms with Crippen LogP contribution in [0.3, 0.4) is 0 Å². The minimum Gasteiger partial charge on any atom is -0.491 e. The molecule has 0 aliphatic carbocycles. The second kappa shape index (κ2) is 4.83. The van der Waals surface area contributed by atoms with E-state index in [1.165, 1.54) is 11.5 Å². The minimum absolute atomic E-state index is 0.217. The normalized spacial score (nSPS) is 11.1. The molecule has 0 aromatic heterocycles. The van der Waals surface area contributed by atoms with Crippen LogP contribution in [0.25, 0.3) is 0 Å². The highest BCUT2D eigenvalue weighted by atomic mass is 79.9. The molecule has 0 heterocycles. The van der Waals surface area contributed by atoms with Crippen molar-refractivity contribution in [2.75, 3.05) is 0 Å². The van der Waals surface area contributed by atoms with Crippen LogP contribution < -0.4 is 4.74 Å². The van der Waals surface area contributed by atoms with E-state index >= 15 is 0 Å². The van der Waals surface area contributed by atoms with Crippen molar-refractivity contribution in [2.45, 2.75) is 33.8 Å². The molecule has 1 aromatic carbocycles. The Morgan fingerprint density at radius 3 is 2.36 bits per heavy atom. The zero-order chi connectivity index (χ0) is 10.7. The zero-order valence-corrected chi connectivity index (χ0v) is 10.7. The lowest BCUT2D eigenvalue weighted by molar-refractivity contribution is 0.242. The second-order valence-corrected chi connectivity index (χ2v) is 4.76. The molecule has 77 valence electrons. The summed E-state index contributed by atoms with van der Waals surface area (Å²) in [7, 11) is 0. The molecule has 0 aliphatic rings. The van der Waals surface area contributed by atoms with Crippen molar-refractivity contribution in [1.82, 2.24) is 0 Å². The average Bonchev–Trinajstić information content (AvgIpc) is 2.01. The first-order chi connectivity index (χ1) is 6.49. The van der Waals surface area contributed by atoms with Gasteiger partial charge < -0.3 is 4.74 Å². The van der Waals surface area contributed by atoms with Crippen LogP contribution >= 0.6 is 15.9 Å². The van der Waals surface area contributed by atoms with Crippen molar-refractivity contribution >= 4 is 15.9 Å². The fourth-order valence-electron chi connectivity index (χ4n) is 1.19. The number of rotatable bonds is 3. The summed E-state index contributed by atoms with van der Waals surface area (Å²) in [5.74, 6) is 2.21. The van der Waals surface area contributed by atoms with Gasteiger partial charge in [-0.25, -0.2) is 0 Å². The molecule has 0 saturated heterocycles. The number of ether oxygens (including phenoxy) is 1. The summed E-state index contributed by atoms with van der Waals surface area (Å²) in [6.45, 7) is 8.26. The second-order valence-electron chi connectivity index (χ2n) is 3.84. The van der Waals surface area contributed by atoms with E-state index in [0.717, 1.165) is 10.2 Å². The number of benzene rings is 1. The van der Waals surface area contributed by atoms with Gasteiger partial charge in [0.25, 0.3) is 0 Å². The van der Waals surface area contributed by atoms with Crippen LogP contribution in [0.4, 0.5) is 0 Å². The third kappa shape index (κ3) is 3.33. The van der Waals surface area contributed by atoms with Gasteiger partial charge in [0.2, 0.25) is 0 Å². The maximum absolute atomic E-state index is 5.64. The average molecular weight is 256 g/mol. The Balaban J connectivity index is 2.95. The van der Waals surface area contributed by atoms with Crippen LogP contribution in [-0.2, 0) is 0 Å². The van der Waals surface area contributed by atoms with E-state index in [9.17, 15) is 0 Å². The number of hydrogen-bond acceptors (Lipinski definition) is 1. The van der Waals surface area contributed by atoms with Crippen molar-refractivity contribution in [3.05, 3.63) is 34.2 Å². The van der Waals surface area contributed by atoms with Crippen LogP contribution in [0.5, 0.6) is 5.75 Å². The highest BCUT2D eigenvalue weighted by molar-refractivity contribution is 9.10. The summed E-state index contributed by atoms with van der Waals surface area (Å²) < 4.78 is 6.70. The van der Waals surface area contributed by atoms with Gasteiger partial charge in [0.05, 0.1) is 6.10 Å². The Kier molecular flexibility index (Phi) is 3.99. The fraction of sp³-hybridized carbons (Fsp3) is 0.417. The monoisotopic (exact) mass is 255 g/mol. The molecule has 2 heteroatoms. The summed E-state index contributed by atoms with van der Waals surface area (Å²) in [5.41, 5.74) is 1.22. The Hall–Kier alpha value is -0.500. The molecular weight excluding hydrogens is 240 g/mol. The molecule has 0 spiro atoms. The van der Waals surface area contributed by atoms with Gasteiger partial charge >= 0.3 is 0 Å². The molecule has 0 bridgehead atoms. The third-order valence-corrected chi connectivity index (χ3v) is 2.28. The van der Waals surface area contributed by atoms with Gasteiger partial charge in [0, 0.05) is 4.47 Å². The fourth-order valence-corrected chi connectivity index (χ4v) is 1.66. The lowest BCUT2D eigenvalue weighted by Crippen LogP contribution is -2.06. The van der Waals surface area contributed by atoms with Crippen molar-refractivity contribution in [3.8, 4) is 5.75 Å². The highest BCUT2D eigenvalue weighted by Gasteiger charge is 2.05. The Morgan fingerprint density at radius 1 is 1.21 bits per heavy atom. The molecule has 14 heavy (non-hydrogen) atoms. The standard InChI is InChI=1S/C12H16BrO/c1-8(2)10-5-11(13)7-12(6-10)14-9(3)4/h5-7,9H,1-4H3. The predicted octanol–water partition coefficient (Wildman–Crippen LogP) is 4.20. The van der Waals surface area contributed by atoms with Gasteiger partial charge in [-0.2, -0.15) is 0 Å². The van der Waals surface area contributed by atoms with E-state index in [-0.39, 0.29) is 6.10 Å². The van der Waals surface area contributed by atoms with Gasteiger partial charge in [0.15, 0.2) is 0 Å². The summed E-state index contributed by atoms with van der Waals surface area (Å²) in [5, 5.41) is 0. The number of halogens is 1. The Bertz CT molecular complexity index is 305. The van der Waals surface area contributed by atoms with E-state index in [2.05, 4.69) is 41.9 Å². The maximum atomic E-state index is 5.64. The molecule has 0 atom stereocenters. The van der Waals surface area contributed by atoms with Crippen LogP contribution in [0.15, 0.2) is 22.7 Å². The van der Waals surface area contributed by atoms with E-state index < -0.39 is 0 Å². The van der Waals surface area contributed by atoms with E-state index in [4.69, 9.17) is 4.74 Å². The molecule has 0 saturated carbocycles. The molecule has 0 amide bonds. The quantitative estimate of drug-likeness (QED) is 0.787. The summed E-state index contributed by atoms with van der Waals surface area (Å²) in [4.78, 5) is 0. The molecule has 0 aliphatic heterocycles. The summed E-state index contributed by atoms with van der Waals surface area (Å²) >= 11 is 3.48. The first-order valence-corrected chi connectivity index (χ1v) is 5.56. The van der Waals surface area contributed by atoms with Gasteiger partial charge in [-0.15, -0.1) is 0 Å². The SMILES string of the molecule is C[C](C)c1cc(Br)cc(OC(C)C)c1. The van der Waals surface area contributed by atoms with Crippen molar-refractivity contribution < 1.29 is 4.74 Å². The first-order valence-electron chi connectivity index (χ1n) is 4.77. The van der Waals surface area contributed by atoms with Crippen molar-refractivity contribution in [2.24, 2.45) is 0 Å². The molecule has 1 aromatic rings. The smallest absolute Gasteiger partial charge is 0.121 e. The van der Waals surface area contributed by atoms with Crippen LogP contribution in [0.1, 0.15) is 33.3 Å². The molecule has 0 unspecified atom stereocenters. The molecular formula is C12H16BrO. The molecule has 1 nitrogen and oxygen atoms in total. The molecule has 1 radical (unpaired) electrons. The van der Waals surface area contributed by atoms with E-state index in [1.54, 1.807) is 0 Å². The number of hydrogen-bond donors (Lipinski definition) is 0. The van der Waals surface area contributed by atoms with Crippen molar-refractivity contribution in [1.29, 1.82) is 0 Å². The Morgan fingerprint density at radius 2 is 1.86 bits per heavy atom. The topological polar surface area (TPSA) is 9.23 Å². The van der Waals surface area contributed by atoms with E-state index in [1.807, 2.05) is 19.9 Å². The van der Waals surface area contributed by atoms with Gasteiger partial charge in [-0.05, 0) is 43.5 Å². The molecule has 0 fully saturated rings. The van der Waals surface area contributed by atoms with Crippen LogP contribution in [0, 0.1) is 5.92 Å². The summed E-state index contributed by atoms with van der Waals surface area (Å²) in [6, 6.07) is 6.16. The largest absolute Gasteiger partial charge is 0.491 e. The van der Waals surface area contributed by atoms with Gasteiger partial charge in [-0.3, -0.25) is 0 Å². The maximum Gasteiger partial charge on any atom is 0.121 e. The van der Waals surface area contributed by atoms with Crippen LogP contribution in [-0.4, -0.2) is 6.10 Å². The minimum atomic E-state index is 0.217. The lowest BCUT2D eigenvalue weighted by atomic mass is 10.0. The van der Waals surface area contributed by atoms with E-state index in [0.29, 0.717) is 0 Å². The van der Waals surface area contributed by atoms with Crippen LogP contribution in [0.2, 0.25) is 0 Å².